The van der Waals surface area contributed by atoms with Crippen LogP contribution in [0.3, 0.4) is 0 Å². The van der Waals surface area contributed by atoms with E-state index in [9.17, 15) is 0 Å². The largest absolute Gasteiger partial charge is 0.380 e. The van der Waals surface area contributed by atoms with Crippen LogP contribution in [0.4, 0.5) is 0 Å². The summed E-state index contributed by atoms with van der Waals surface area (Å²) in [5.41, 5.74) is 7.08. The molecule has 0 spiro atoms. The molecule has 1 unspecified atom stereocenters. The molecule has 14 heavy (non-hydrogen) atoms. The van der Waals surface area contributed by atoms with E-state index in [1.165, 1.54) is 4.90 Å². The van der Waals surface area contributed by atoms with Crippen molar-refractivity contribution in [1.82, 2.24) is 0 Å². The van der Waals surface area contributed by atoms with Crippen LogP contribution in [0.1, 0.15) is 18.5 Å². The minimum absolute atomic E-state index is 0.00847. The fraction of sp³-hybridized carbons (Fsp3) is 0.455. The topological polar surface area (TPSA) is 35.2 Å². The Morgan fingerprint density at radius 2 is 2.00 bits per heavy atom. The molecule has 0 heterocycles. The third-order valence-corrected chi connectivity index (χ3v) is 2.79. The second kappa shape index (κ2) is 6.06. The van der Waals surface area contributed by atoms with Gasteiger partial charge in [0.1, 0.15) is 0 Å². The first kappa shape index (κ1) is 11.6. The lowest BCUT2D eigenvalue weighted by molar-refractivity contribution is 0.133. The van der Waals surface area contributed by atoms with Gasteiger partial charge in [0.25, 0.3) is 0 Å². The van der Waals surface area contributed by atoms with Gasteiger partial charge in [0.15, 0.2) is 0 Å². The Kier molecular flexibility index (Phi) is 5.01. The maximum atomic E-state index is 5.94. The molecular formula is C11H17NOS. The van der Waals surface area contributed by atoms with Crippen LogP contribution < -0.4 is 5.73 Å². The number of thioether (sulfide) groups is 1. The normalized spacial score (nSPS) is 12.8. The smallest absolute Gasteiger partial charge is 0.0659 e. The number of ether oxygens (including phenoxy) is 1. The van der Waals surface area contributed by atoms with Crippen LogP contribution in [0.25, 0.3) is 0 Å². The minimum atomic E-state index is -0.00847. The number of benzene rings is 1. The van der Waals surface area contributed by atoms with E-state index in [1.54, 1.807) is 11.8 Å². The van der Waals surface area contributed by atoms with Gasteiger partial charge in [-0.15, -0.1) is 11.8 Å². The van der Waals surface area contributed by atoms with Gasteiger partial charge in [0.05, 0.1) is 12.6 Å². The lowest BCUT2D eigenvalue weighted by atomic mass is 10.1. The Morgan fingerprint density at radius 1 is 1.36 bits per heavy atom. The molecule has 0 aliphatic heterocycles. The number of nitrogens with two attached hydrogens (primary N) is 1. The predicted molar refractivity (Wildman–Crippen MR) is 61.6 cm³/mol. The number of hydrogen-bond acceptors (Lipinski definition) is 3. The molecule has 3 heteroatoms. The summed E-state index contributed by atoms with van der Waals surface area (Å²) in [6, 6.07) is 8.30. The summed E-state index contributed by atoms with van der Waals surface area (Å²) in [5.74, 6) is 0. The lowest BCUT2D eigenvalue weighted by Gasteiger charge is -2.11. The van der Waals surface area contributed by atoms with Crippen LogP contribution in [0, 0.1) is 0 Å². The SMILES string of the molecule is CCOCC(N)c1ccc(SC)cc1. The van der Waals surface area contributed by atoms with Crippen molar-refractivity contribution < 1.29 is 4.74 Å². The highest BCUT2D eigenvalue weighted by Gasteiger charge is 2.04. The highest BCUT2D eigenvalue weighted by atomic mass is 32.2. The van der Waals surface area contributed by atoms with Crippen LogP contribution in [0.5, 0.6) is 0 Å². The fourth-order valence-corrected chi connectivity index (χ4v) is 1.60. The molecule has 0 saturated heterocycles. The molecular weight excluding hydrogens is 194 g/mol. The molecule has 1 aromatic rings. The third-order valence-electron chi connectivity index (χ3n) is 2.05. The van der Waals surface area contributed by atoms with Crippen molar-refractivity contribution in [2.24, 2.45) is 5.73 Å². The Hall–Kier alpha value is -0.510. The van der Waals surface area contributed by atoms with Crippen molar-refractivity contribution in [3.05, 3.63) is 29.8 Å². The van der Waals surface area contributed by atoms with Gasteiger partial charge in [-0.2, -0.15) is 0 Å². The van der Waals surface area contributed by atoms with E-state index < -0.39 is 0 Å². The van der Waals surface area contributed by atoms with Crippen LogP contribution in [-0.2, 0) is 4.74 Å². The monoisotopic (exact) mass is 211 g/mol. The van der Waals surface area contributed by atoms with Gasteiger partial charge in [-0.05, 0) is 30.9 Å². The highest BCUT2D eigenvalue weighted by molar-refractivity contribution is 7.98. The Morgan fingerprint density at radius 3 is 2.50 bits per heavy atom. The molecule has 0 radical (unpaired) electrons. The van der Waals surface area contributed by atoms with Gasteiger partial charge in [-0.25, -0.2) is 0 Å². The lowest BCUT2D eigenvalue weighted by Crippen LogP contribution is -2.16. The summed E-state index contributed by atoms with van der Waals surface area (Å²) in [4.78, 5) is 1.26. The quantitative estimate of drug-likeness (QED) is 0.760. The first-order valence-electron chi connectivity index (χ1n) is 4.75. The van der Waals surface area contributed by atoms with Gasteiger partial charge in [-0.1, -0.05) is 12.1 Å². The van der Waals surface area contributed by atoms with Gasteiger partial charge in [-0.3, -0.25) is 0 Å². The van der Waals surface area contributed by atoms with Gasteiger partial charge in [0.2, 0.25) is 0 Å². The van der Waals surface area contributed by atoms with Crippen molar-refractivity contribution in [1.29, 1.82) is 0 Å². The first-order chi connectivity index (χ1) is 6.77. The summed E-state index contributed by atoms with van der Waals surface area (Å²) in [6.45, 7) is 3.29. The van der Waals surface area contributed by atoms with Crippen molar-refractivity contribution in [3.8, 4) is 0 Å². The molecule has 1 rings (SSSR count). The summed E-state index contributed by atoms with van der Waals surface area (Å²) in [6.07, 6.45) is 2.06. The molecule has 0 amide bonds. The van der Waals surface area contributed by atoms with Crippen LogP contribution >= 0.6 is 11.8 Å². The van der Waals surface area contributed by atoms with Gasteiger partial charge >= 0.3 is 0 Å². The van der Waals surface area contributed by atoms with Crippen molar-refractivity contribution in [3.63, 3.8) is 0 Å². The zero-order valence-corrected chi connectivity index (χ0v) is 9.51. The molecule has 2 nitrogen and oxygen atoms in total. The van der Waals surface area contributed by atoms with Crippen molar-refractivity contribution in [2.45, 2.75) is 17.9 Å². The number of hydrogen-bond donors (Lipinski definition) is 1. The number of rotatable bonds is 5. The summed E-state index contributed by atoms with van der Waals surface area (Å²) >= 11 is 1.74. The van der Waals surface area contributed by atoms with E-state index in [0.29, 0.717) is 6.61 Å². The maximum Gasteiger partial charge on any atom is 0.0659 e. The zero-order valence-electron chi connectivity index (χ0n) is 8.69. The first-order valence-corrected chi connectivity index (χ1v) is 5.97. The minimum Gasteiger partial charge on any atom is -0.380 e. The third kappa shape index (κ3) is 3.33. The molecule has 78 valence electrons. The second-order valence-corrected chi connectivity index (χ2v) is 3.92. The van der Waals surface area contributed by atoms with Crippen molar-refractivity contribution in [2.75, 3.05) is 19.5 Å². The molecule has 1 aromatic carbocycles. The molecule has 1 atom stereocenters. The van der Waals surface area contributed by atoms with E-state index in [-0.39, 0.29) is 6.04 Å². The summed E-state index contributed by atoms with van der Waals surface area (Å²) in [5, 5.41) is 0. The summed E-state index contributed by atoms with van der Waals surface area (Å²) in [7, 11) is 0. The second-order valence-electron chi connectivity index (χ2n) is 3.04. The molecule has 0 aliphatic carbocycles. The van der Waals surface area contributed by atoms with Crippen LogP contribution in [0.2, 0.25) is 0 Å². The molecule has 0 fully saturated rings. The van der Waals surface area contributed by atoms with Gasteiger partial charge in [0, 0.05) is 11.5 Å². The Labute approximate surface area is 89.8 Å². The molecule has 0 saturated carbocycles. The van der Waals surface area contributed by atoms with E-state index in [4.69, 9.17) is 10.5 Å². The van der Waals surface area contributed by atoms with E-state index in [0.717, 1.165) is 12.2 Å². The van der Waals surface area contributed by atoms with E-state index in [2.05, 4.69) is 30.5 Å². The van der Waals surface area contributed by atoms with Crippen LogP contribution in [-0.4, -0.2) is 19.5 Å². The Balaban J connectivity index is 2.57. The highest BCUT2D eigenvalue weighted by Crippen LogP contribution is 2.17. The predicted octanol–water partition coefficient (Wildman–Crippen LogP) is 2.44. The van der Waals surface area contributed by atoms with E-state index in [1.807, 2.05) is 6.92 Å². The molecule has 2 N–H and O–H groups in total. The zero-order chi connectivity index (χ0) is 10.4. The van der Waals surface area contributed by atoms with Crippen molar-refractivity contribution >= 4 is 11.8 Å². The molecule has 0 aromatic heterocycles. The van der Waals surface area contributed by atoms with E-state index >= 15 is 0 Å². The average Bonchev–Trinajstić information content (AvgIpc) is 2.26. The van der Waals surface area contributed by atoms with Gasteiger partial charge < -0.3 is 10.5 Å². The fourth-order valence-electron chi connectivity index (χ4n) is 1.19. The molecule has 0 bridgehead atoms. The standard InChI is InChI=1S/C11H17NOS/c1-3-13-8-11(12)9-4-6-10(14-2)7-5-9/h4-7,11H,3,8,12H2,1-2H3. The Bertz CT molecular complexity index is 260. The average molecular weight is 211 g/mol. The molecule has 0 aliphatic rings. The maximum absolute atomic E-state index is 5.94. The summed E-state index contributed by atoms with van der Waals surface area (Å²) < 4.78 is 5.28. The van der Waals surface area contributed by atoms with Crippen LogP contribution in [0.15, 0.2) is 29.2 Å².